The molecule has 0 aliphatic rings. The van der Waals surface area contributed by atoms with Gasteiger partial charge >= 0.3 is 17.9 Å². The maximum atomic E-state index is 12.5. The normalized spacial score (nSPS) is 13.6. The minimum atomic E-state index is -0.890. The first kappa shape index (κ1) is 41.5. The molecule has 0 rings (SSSR count). The number of ether oxygens (including phenoxy) is 3. The molecule has 0 aliphatic heterocycles. The summed E-state index contributed by atoms with van der Waals surface area (Å²) in [6, 6.07) is -0.623. The number of hydrogen-bond acceptors (Lipinski definition) is 6. The average molecular weight is 623 g/mol. The first-order chi connectivity index (χ1) is 21.1. The molecule has 0 aromatic carbocycles. The molecule has 254 valence electrons. The van der Waals surface area contributed by atoms with Crippen LogP contribution in [0.5, 0.6) is 0 Å². The molecule has 2 atom stereocenters. The van der Waals surface area contributed by atoms with E-state index in [2.05, 4.69) is 38.2 Å². The highest BCUT2D eigenvalue weighted by Gasteiger charge is 2.31. The van der Waals surface area contributed by atoms with Crippen molar-refractivity contribution in [3.8, 4) is 0 Å². The van der Waals surface area contributed by atoms with E-state index in [1.54, 1.807) is 0 Å². The van der Waals surface area contributed by atoms with Gasteiger partial charge in [0.15, 0.2) is 12.1 Å². The van der Waals surface area contributed by atoms with Crippen LogP contribution in [0.2, 0.25) is 0 Å². The molecular formula is C36H64NO7+. The number of nitrogens with zero attached hydrogens (tertiary/aromatic N) is 1. The van der Waals surface area contributed by atoms with E-state index in [9.17, 15) is 19.5 Å². The summed E-state index contributed by atoms with van der Waals surface area (Å²) in [7, 11) is 5.47. The summed E-state index contributed by atoms with van der Waals surface area (Å²) < 4.78 is 16.9. The lowest BCUT2D eigenvalue weighted by atomic mass is 10.1. The Hall–Kier alpha value is -2.45. The molecule has 0 aromatic rings. The van der Waals surface area contributed by atoms with Gasteiger partial charge in [-0.15, -0.1) is 0 Å². The number of carbonyl (C=O) groups is 3. The van der Waals surface area contributed by atoms with Crippen molar-refractivity contribution < 1.29 is 38.2 Å². The summed E-state index contributed by atoms with van der Waals surface area (Å²) in [5.41, 5.74) is 0. The number of hydrogen-bond donors (Lipinski definition) is 1. The number of allylic oxidation sites excluding steroid dienone is 6. The molecular weight excluding hydrogens is 558 g/mol. The summed E-state index contributed by atoms with van der Waals surface area (Å²) in [5.74, 6) is -1.63. The van der Waals surface area contributed by atoms with E-state index in [0.29, 0.717) is 19.3 Å². The van der Waals surface area contributed by atoms with Crippen LogP contribution in [0.1, 0.15) is 123 Å². The minimum Gasteiger partial charge on any atom is -0.477 e. The molecule has 2 unspecified atom stereocenters. The molecule has 0 bridgehead atoms. The van der Waals surface area contributed by atoms with Crippen LogP contribution in [-0.2, 0) is 28.6 Å². The van der Waals surface area contributed by atoms with E-state index < -0.39 is 18.1 Å². The van der Waals surface area contributed by atoms with Gasteiger partial charge in [-0.3, -0.25) is 9.59 Å². The van der Waals surface area contributed by atoms with Crippen LogP contribution < -0.4 is 0 Å². The van der Waals surface area contributed by atoms with Gasteiger partial charge in [0.2, 0.25) is 0 Å². The van der Waals surface area contributed by atoms with Crippen LogP contribution in [0.25, 0.3) is 0 Å². The molecule has 0 radical (unpaired) electrons. The maximum Gasteiger partial charge on any atom is 0.362 e. The molecule has 44 heavy (non-hydrogen) atoms. The van der Waals surface area contributed by atoms with Gasteiger partial charge in [-0.1, -0.05) is 95.2 Å². The zero-order valence-corrected chi connectivity index (χ0v) is 28.6. The lowest BCUT2D eigenvalue weighted by Crippen LogP contribution is -2.50. The summed E-state index contributed by atoms with van der Waals surface area (Å²) in [4.78, 5) is 36.4. The molecule has 0 fully saturated rings. The molecule has 0 saturated heterocycles. The highest BCUT2D eigenvalue weighted by Crippen LogP contribution is 2.10. The number of carbonyl (C=O) groups excluding carboxylic acids is 2. The molecule has 0 aromatic heterocycles. The van der Waals surface area contributed by atoms with E-state index >= 15 is 0 Å². The molecule has 0 saturated carbocycles. The fourth-order valence-electron chi connectivity index (χ4n) is 4.57. The van der Waals surface area contributed by atoms with Crippen molar-refractivity contribution in [3.63, 3.8) is 0 Å². The van der Waals surface area contributed by atoms with Gasteiger partial charge in [-0.25, -0.2) is 4.79 Å². The van der Waals surface area contributed by atoms with Crippen molar-refractivity contribution in [3.05, 3.63) is 36.5 Å². The predicted molar refractivity (Wildman–Crippen MR) is 178 cm³/mol. The number of carboxylic acids is 1. The summed E-state index contributed by atoms with van der Waals surface area (Å²) in [6.45, 7) is 4.52. The fourth-order valence-corrected chi connectivity index (χ4v) is 4.57. The molecule has 8 nitrogen and oxygen atoms in total. The van der Waals surface area contributed by atoms with Gasteiger partial charge in [0.05, 0.1) is 34.4 Å². The van der Waals surface area contributed by atoms with Gasteiger partial charge in [-0.05, 0) is 44.9 Å². The predicted octanol–water partition coefficient (Wildman–Crippen LogP) is 7.96. The number of esters is 2. The molecule has 0 aliphatic carbocycles. The average Bonchev–Trinajstić information content (AvgIpc) is 2.96. The topological polar surface area (TPSA) is 99.1 Å². The summed E-state index contributed by atoms with van der Waals surface area (Å²) in [6.07, 6.45) is 28.1. The third-order valence-electron chi connectivity index (χ3n) is 7.29. The Morgan fingerprint density at radius 2 is 1.20 bits per heavy atom. The first-order valence-electron chi connectivity index (χ1n) is 17.0. The minimum absolute atomic E-state index is 0.0281. The largest absolute Gasteiger partial charge is 0.477 e. The van der Waals surface area contributed by atoms with Crippen molar-refractivity contribution in [1.29, 1.82) is 0 Å². The van der Waals surface area contributed by atoms with Gasteiger partial charge in [0.25, 0.3) is 0 Å². The van der Waals surface area contributed by atoms with Gasteiger partial charge in [0, 0.05) is 19.3 Å². The smallest absolute Gasteiger partial charge is 0.362 e. The first-order valence-corrected chi connectivity index (χ1v) is 17.0. The number of quaternary nitrogens is 1. The monoisotopic (exact) mass is 622 g/mol. The Morgan fingerprint density at radius 1 is 0.682 bits per heavy atom. The zero-order valence-electron chi connectivity index (χ0n) is 28.6. The van der Waals surface area contributed by atoms with Gasteiger partial charge in [0.1, 0.15) is 6.61 Å². The van der Waals surface area contributed by atoms with E-state index in [-0.39, 0.29) is 49.1 Å². The third-order valence-corrected chi connectivity index (χ3v) is 7.29. The van der Waals surface area contributed by atoms with Crippen LogP contribution in [0, 0.1) is 0 Å². The fraction of sp³-hybridized carbons (Fsp3) is 0.750. The molecule has 1 N–H and O–H groups in total. The number of rotatable bonds is 29. The highest BCUT2D eigenvalue weighted by atomic mass is 16.6. The second kappa shape index (κ2) is 28.1. The molecule has 8 heteroatoms. The quantitative estimate of drug-likeness (QED) is 0.0391. The zero-order chi connectivity index (χ0) is 32.9. The highest BCUT2D eigenvalue weighted by molar-refractivity contribution is 5.72. The standard InChI is InChI=1S/C36H63NO7/c1-6-8-10-12-14-15-16-17-18-19-21-22-24-26-34(38)43-31-32(30-42-29-28-33(36(40)41)37(3,4)5)44-35(39)27-25-23-20-13-11-9-7-2/h17-18,20-23,32-33H,6-16,19,24-31H2,1-5H3/p+1/b18-17+,22-21+,23-20+. The van der Waals surface area contributed by atoms with Crippen molar-refractivity contribution in [2.24, 2.45) is 0 Å². The number of aliphatic carboxylic acids is 1. The van der Waals surface area contributed by atoms with E-state index in [1.165, 1.54) is 51.4 Å². The van der Waals surface area contributed by atoms with Crippen LogP contribution in [0.15, 0.2) is 36.5 Å². The van der Waals surface area contributed by atoms with Gasteiger partial charge < -0.3 is 23.8 Å². The second-order valence-corrected chi connectivity index (χ2v) is 12.4. The number of likely N-dealkylation sites (N-methyl/N-ethyl adjacent to an activating group) is 1. The van der Waals surface area contributed by atoms with Crippen LogP contribution in [0.4, 0.5) is 0 Å². The Morgan fingerprint density at radius 3 is 1.84 bits per heavy atom. The second-order valence-electron chi connectivity index (χ2n) is 12.4. The lowest BCUT2D eigenvalue weighted by Gasteiger charge is -2.31. The molecule has 0 spiro atoms. The number of unbranched alkanes of at least 4 members (excludes halogenated alkanes) is 9. The van der Waals surface area contributed by atoms with E-state index in [4.69, 9.17) is 14.2 Å². The SMILES string of the molecule is CCCCC/C=C/CCC(=O)OC(COCCC(C(=O)O)[N+](C)(C)C)COC(=O)CC/C=C/C/C=C/CCCCCCCC. The van der Waals surface area contributed by atoms with Crippen molar-refractivity contribution in [2.45, 2.75) is 135 Å². The Balaban J connectivity index is 4.56. The van der Waals surface area contributed by atoms with Crippen LogP contribution >= 0.6 is 0 Å². The third kappa shape index (κ3) is 26.0. The molecule has 0 heterocycles. The van der Waals surface area contributed by atoms with Crippen molar-refractivity contribution in [1.82, 2.24) is 0 Å². The summed E-state index contributed by atoms with van der Waals surface area (Å²) >= 11 is 0. The van der Waals surface area contributed by atoms with E-state index in [1.807, 2.05) is 33.3 Å². The van der Waals surface area contributed by atoms with Crippen molar-refractivity contribution >= 4 is 17.9 Å². The van der Waals surface area contributed by atoms with Crippen LogP contribution in [0.3, 0.4) is 0 Å². The van der Waals surface area contributed by atoms with Crippen LogP contribution in [-0.4, -0.2) is 80.6 Å². The van der Waals surface area contributed by atoms with E-state index in [0.717, 1.165) is 25.7 Å². The maximum absolute atomic E-state index is 12.5. The molecule has 0 amide bonds. The van der Waals surface area contributed by atoms with Crippen molar-refractivity contribution in [2.75, 3.05) is 41.0 Å². The van der Waals surface area contributed by atoms with Gasteiger partial charge in [-0.2, -0.15) is 0 Å². The number of carboxylic acid groups (broad SMARTS) is 1. The lowest BCUT2D eigenvalue weighted by molar-refractivity contribution is -0.887. The Labute approximate surface area is 268 Å². The Bertz CT molecular complexity index is 829. The summed E-state index contributed by atoms with van der Waals surface area (Å²) in [5, 5.41) is 9.53. The Kier molecular flexibility index (Phi) is 26.5.